The van der Waals surface area contributed by atoms with Gasteiger partial charge in [0, 0.05) is 6.54 Å². The van der Waals surface area contributed by atoms with Crippen molar-refractivity contribution in [2.75, 3.05) is 0 Å². The molecule has 0 spiro atoms. The van der Waals surface area contributed by atoms with Crippen molar-refractivity contribution in [2.45, 2.75) is 44.9 Å². The summed E-state index contributed by atoms with van der Waals surface area (Å²) in [6, 6.07) is 0. The topological polar surface area (TPSA) is 73.8 Å². The number of ketones is 1. The van der Waals surface area contributed by atoms with E-state index in [-0.39, 0.29) is 5.82 Å². The van der Waals surface area contributed by atoms with Gasteiger partial charge in [-0.25, -0.2) is 9.67 Å². The molecule has 18 heavy (non-hydrogen) atoms. The lowest BCUT2D eigenvalue weighted by atomic mass is 9.94. The van der Waals surface area contributed by atoms with Crippen LogP contribution in [0.25, 0.3) is 0 Å². The summed E-state index contributed by atoms with van der Waals surface area (Å²) in [5, 5.41) is 3.83. The van der Waals surface area contributed by atoms with Gasteiger partial charge in [-0.15, -0.1) is 0 Å². The average molecular weight is 264 g/mol. The number of nitrogens with zero attached hydrogens (tertiary/aromatic N) is 3. The number of aryl methyl sites for hydroxylation is 1. The van der Waals surface area contributed by atoms with Crippen molar-refractivity contribution in [3.05, 3.63) is 12.2 Å². The summed E-state index contributed by atoms with van der Waals surface area (Å²) in [6.07, 6.45) is -3.31. The van der Waals surface area contributed by atoms with Crippen LogP contribution in [0.1, 0.15) is 26.1 Å². The maximum Gasteiger partial charge on any atom is 0.413 e. The van der Waals surface area contributed by atoms with Crippen molar-refractivity contribution in [1.29, 1.82) is 0 Å². The maximum absolute atomic E-state index is 12.6. The average Bonchev–Trinajstić information content (AvgIpc) is 2.64. The molecule has 0 saturated heterocycles. The van der Waals surface area contributed by atoms with E-state index in [0.717, 1.165) is 6.42 Å². The first-order valence-electron chi connectivity index (χ1n) is 5.45. The molecule has 0 aliphatic carbocycles. The summed E-state index contributed by atoms with van der Waals surface area (Å²) in [4.78, 5) is 15.4. The predicted molar refractivity (Wildman–Crippen MR) is 57.7 cm³/mol. The molecule has 0 radical (unpaired) electrons. The molecule has 1 aromatic heterocycles. The second kappa shape index (κ2) is 5.05. The first-order valence-corrected chi connectivity index (χ1v) is 5.45. The molecule has 0 saturated carbocycles. The Hall–Kier alpha value is -1.44. The van der Waals surface area contributed by atoms with Crippen LogP contribution in [-0.2, 0) is 17.8 Å². The summed E-state index contributed by atoms with van der Waals surface area (Å²) in [6.45, 7) is 3.04. The Morgan fingerprint density at radius 3 is 2.61 bits per heavy atom. The van der Waals surface area contributed by atoms with E-state index in [2.05, 4.69) is 10.1 Å². The van der Waals surface area contributed by atoms with E-state index in [1.54, 1.807) is 0 Å². The van der Waals surface area contributed by atoms with Crippen molar-refractivity contribution in [2.24, 2.45) is 5.73 Å². The van der Waals surface area contributed by atoms with Gasteiger partial charge < -0.3 is 5.73 Å². The van der Waals surface area contributed by atoms with Crippen molar-refractivity contribution in [3.8, 4) is 0 Å². The number of carbonyl (C=O) groups is 1. The zero-order chi connectivity index (χ0) is 14.0. The number of nitrogens with two attached hydrogens (primary N) is 1. The Labute approximate surface area is 102 Å². The van der Waals surface area contributed by atoms with Gasteiger partial charge in [-0.05, 0) is 13.3 Å². The van der Waals surface area contributed by atoms with Crippen molar-refractivity contribution in [3.63, 3.8) is 0 Å². The third-order valence-corrected chi connectivity index (χ3v) is 2.62. The second-order valence-corrected chi connectivity index (χ2v) is 4.20. The lowest BCUT2D eigenvalue weighted by molar-refractivity contribution is -0.185. The van der Waals surface area contributed by atoms with E-state index in [1.165, 1.54) is 11.0 Å². The molecule has 8 heteroatoms. The van der Waals surface area contributed by atoms with E-state index in [4.69, 9.17) is 5.73 Å². The summed E-state index contributed by atoms with van der Waals surface area (Å²) in [7, 11) is 0. The highest BCUT2D eigenvalue weighted by Crippen LogP contribution is 2.29. The number of Topliss-reactive ketones (excluding diaryl/α,β-unsaturated/α-hetero) is 1. The van der Waals surface area contributed by atoms with Gasteiger partial charge in [-0.1, -0.05) is 6.92 Å². The molecule has 102 valence electrons. The Bertz CT molecular complexity index is 425. The van der Waals surface area contributed by atoms with Gasteiger partial charge in [0.15, 0.2) is 11.3 Å². The highest BCUT2D eigenvalue weighted by Gasteiger charge is 2.53. The largest absolute Gasteiger partial charge is 0.413 e. The minimum absolute atomic E-state index is 0.197. The number of alkyl halides is 3. The van der Waals surface area contributed by atoms with Crippen LogP contribution >= 0.6 is 0 Å². The lowest BCUT2D eigenvalue weighted by Gasteiger charge is -2.25. The number of hydrogen-bond donors (Lipinski definition) is 1. The maximum atomic E-state index is 12.6. The quantitative estimate of drug-likeness (QED) is 0.863. The molecule has 5 nitrogen and oxygen atoms in total. The fourth-order valence-electron chi connectivity index (χ4n) is 1.31. The Morgan fingerprint density at radius 2 is 2.11 bits per heavy atom. The van der Waals surface area contributed by atoms with Gasteiger partial charge in [-0.2, -0.15) is 18.3 Å². The van der Waals surface area contributed by atoms with E-state index < -0.39 is 23.9 Å². The Kier molecular flexibility index (Phi) is 4.10. The molecule has 2 N–H and O–H groups in total. The number of rotatable bonds is 5. The molecule has 1 aromatic rings. The number of aromatic nitrogens is 3. The van der Waals surface area contributed by atoms with Crippen LogP contribution in [0.3, 0.4) is 0 Å². The minimum atomic E-state index is -4.78. The third kappa shape index (κ3) is 2.87. The molecule has 1 atom stereocenters. The van der Waals surface area contributed by atoms with Crippen molar-refractivity contribution < 1.29 is 18.0 Å². The van der Waals surface area contributed by atoms with Gasteiger partial charge in [-0.3, -0.25) is 4.79 Å². The third-order valence-electron chi connectivity index (χ3n) is 2.62. The van der Waals surface area contributed by atoms with E-state index in [1.807, 2.05) is 6.92 Å². The van der Waals surface area contributed by atoms with Gasteiger partial charge in [0.1, 0.15) is 12.2 Å². The summed E-state index contributed by atoms with van der Waals surface area (Å²) in [5.41, 5.74) is 2.18. The van der Waals surface area contributed by atoms with Crippen LogP contribution in [0.4, 0.5) is 13.2 Å². The van der Waals surface area contributed by atoms with E-state index >= 15 is 0 Å². The molecule has 0 bridgehead atoms. The standard InChI is InChI=1S/C10H15F3N4O/c1-3-4-17-8(15-6-16-17)5-7(18)9(2,14)10(11,12)13/h6H,3-5,14H2,1-2H3. The molecule has 0 aliphatic rings. The molecule has 0 aromatic carbocycles. The van der Waals surface area contributed by atoms with Gasteiger partial charge in [0.2, 0.25) is 0 Å². The van der Waals surface area contributed by atoms with Crippen LogP contribution in [0, 0.1) is 0 Å². The second-order valence-electron chi connectivity index (χ2n) is 4.20. The lowest BCUT2D eigenvalue weighted by Crippen LogP contribution is -2.57. The zero-order valence-electron chi connectivity index (χ0n) is 10.2. The predicted octanol–water partition coefficient (Wildman–Crippen LogP) is 1.08. The fraction of sp³-hybridized carbons (Fsp3) is 0.700. The SMILES string of the molecule is CCCn1ncnc1CC(=O)C(C)(N)C(F)(F)F. The zero-order valence-corrected chi connectivity index (χ0v) is 10.2. The summed E-state index contributed by atoms with van der Waals surface area (Å²) >= 11 is 0. The summed E-state index contributed by atoms with van der Waals surface area (Å²) < 4.78 is 39.1. The molecular formula is C10H15F3N4O. The molecule has 0 aliphatic heterocycles. The molecular weight excluding hydrogens is 249 g/mol. The molecule has 1 rings (SSSR count). The summed E-state index contributed by atoms with van der Waals surface area (Å²) in [5.74, 6) is -0.928. The molecule has 0 fully saturated rings. The number of halogens is 3. The normalized spacial score (nSPS) is 15.4. The van der Waals surface area contributed by atoms with E-state index in [9.17, 15) is 18.0 Å². The first kappa shape index (κ1) is 14.6. The fourth-order valence-corrected chi connectivity index (χ4v) is 1.31. The van der Waals surface area contributed by atoms with Crippen molar-refractivity contribution >= 4 is 5.78 Å². The molecule has 0 amide bonds. The molecule has 1 heterocycles. The molecule has 1 unspecified atom stereocenters. The highest BCUT2D eigenvalue weighted by molar-refractivity contribution is 5.90. The Morgan fingerprint density at radius 1 is 1.50 bits per heavy atom. The number of hydrogen-bond acceptors (Lipinski definition) is 4. The van der Waals surface area contributed by atoms with Crippen LogP contribution in [0.2, 0.25) is 0 Å². The number of carbonyl (C=O) groups excluding carboxylic acids is 1. The Balaban J connectivity index is 2.85. The van der Waals surface area contributed by atoms with Crippen molar-refractivity contribution in [1.82, 2.24) is 14.8 Å². The minimum Gasteiger partial charge on any atom is -0.312 e. The van der Waals surface area contributed by atoms with Gasteiger partial charge >= 0.3 is 6.18 Å². The van der Waals surface area contributed by atoms with Gasteiger partial charge in [0.25, 0.3) is 0 Å². The first-order chi connectivity index (χ1) is 8.20. The van der Waals surface area contributed by atoms with Gasteiger partial charge in [0.05, 0.1) is 6.42 Å². The smallest absolute Gasteiger partial charge is 0.312 e. The highest BCUT2D eigenvalue weighted by atomic mass is 19.4. The van der Waals surface area contributed by atoms with Crippen LogP contribution in [-0.4, -0.2) is 32.3 Å². The van der Waals surface area contributed by atoms with E-state index in [0.29, 0.717) is 13.5 Å². The van der Waals surface area contributed by atoms with Crippen LogP contribution < -0.4 is 5.73 Å². The monoisotopic (exact) mass is 264 g/mol. The van der Waals surface area contributed by atoms with Crippen LogP contribution in [0.5, 0.6) is 0 Å². The van der Waals surface area contributed by atoms with Crippen LogP contribution in [0.15, 0.2) is 6.33 Å².